The smallest absolute Gasteiger partial charge is 0.238 e. The summed E-state index contributed by atoms with van der Waals surface area (Å²) in [6.45, 7) is 2.56. The molecule has 1 aromatic carbocycles. The third kappa shape index (κ3) is 3.86. The molecule has 0 radical (unpaired) electrons. The van der Waals surface area contributed by atoms with Crippen molar-refractivity contribution in [2.45, 2.75) is 13.5 Å². The van der Waals surface area contributed by atoms with Crippen LogP contribution in [0.25, 0.3) is 0 Å². The number of aryl methyl sites for hydroxylation is 1. The Balaban J connectivity index is 1.82. The highest BCUT2D eigenvalue weighted by Gasteiger charge is 2.06. The van der Waals surface area contributed by atoms with Gasteiger partial charge in [-0.2, -0.15) is 0 Å². The molecular weight excluding hydrogens is 257 g/mol. The quantitative estimate of drug-likeness (QED) is 0.878. The lowest BCUT2D eigenvalue weighted by molar-refractivity contribution is -0.115. The van der Waals surface area contributed by atoms with Crippen LogP contribution in [0.3, 0.4) is 0 Å². The number of carbonyl (C=O) groups is 1. The third-order valence-electron chi connectivity index (χ3n) is 2.84. The fourth-order valence-electron chi connectivity index (χ4n) is 1.75. The minimum absolute atomic E-state index is 0.102. The van der Waals surface area contributed by atoms with E-state index in [2.05, 4.69) is 15.6 Å². The highest BCUT2D eigenvalue weighted by molar-refractivity contribution is 5.92. The van der Waals surface area contributed by atoms with E-state index in [1.54, 1.807) is 18.3 Å². The van der Waals surface area contributed by atoms with E-state index in [1.807, 2.05) is 19.1 Å². The molecule has 0 fully saturated rings. The highest BCUT2D eigenvalue weighted by Crippen LogP contribution is 2.11. The van der Waals surface area contributed by atoms with E-state index in [0.717, 1.165) is 11.3 Å². The lowest BCUT2D eigenvalue weighted by Gasteiger charge is -2.08. The molecule has 2 N–H and O–H groups in total. The third-order valence-corrected chi connectivity index (χ3v) is 2.84. The fraction of sp³-hybridized carbons (Fsp3) is 0.200. The molecule has 0 atom stereocenters. The maximum absolute atomic E-state index is 13.3. The van der Waals surface area contributed by atoms with E-state index in [9.17, 15) is 9.18 Å². The average Bonchev–Trinajstić information content (AvgIpc) is 2.43. The Kier molecular flexibility index (Phi) is 4.79. The van der Waals surface area contributed by atoms with Gasteiger partial charge < -0.3 is 10.6 Å². The number of hydrogen-bond donors (Lipinski definition) is 2. The minimum Gasteiger partial charge on any atom is -0.322 e. The van der Waals surface area contributed by atoms with Gasteiger partial charge in [-0.3, -0.25) is 9.78 Å². The standard InChI is InChI=1S/C15H16FN3O/c1-11-5-4-8-18-14(11)9-17-10-15(20)19-13-7-3-2-6-12(13)16/h2-8,17H,9-10H2,1H3,(H,19,20). The largest absolute Gasteiger partial charge is 0.322 e. The first kappa shape index (κ1) is 14.1. The van der Waals surface area contributed by atoms with Gasteiger partial charge in [0, 0.05) is 12.7 Å². The number of benzene rings is 1. The molecule has 0 spiro atoms. The predicted molar refractivity (Wildman–Crippen MR) is 75.7 cm³/mol. The number of hydrogen-bond acceptors (Lipinski definition) is 3. The number of carbonyl (C=O) groups excluding carboxylic acids is 1. The summed E-state index contributed by atoms with van der Waals surface area (Å²) in [7, 11) is 0. The first-order valence-corrected chi connectivity index (χ1v) is 6.32. The summed E-state index contributed by atoms with van der Waals surface area (Å²) in [5, 5.41) is 5.50. The van der Waals surface area contributed by atoms with E-state index in [0.29, 0.717) is 6.54 Å². The molecule has 0 saturated carbocycles. The normalized spacial score (nSPS) is 10.3. The maximum atomic E-state index is 13.3. The first-order valence-electron chi connectivity index (χ1n) is 6.32. The number of halogens is 1. The Bertz CT molecular complexity index is 601. The molecule has 2 aromatic rings. The summed E-state index contributed by atoms with van der Waals surface area (Å²) in [5.41, 5.74) is 2.15. The summed E-state index contributed by atoms with van der Waals surface area (Å²) < 4.78 is 13.3. The molecule has 0 aliphatic carbocycles. The van der Waals surface area contributed by atoms with Crippen LogP contribution in [0.15, 0.2) is 42.6 Å². The Morgan fingerprint density at radius 2 is 2.05 bits per heavy atom. The van der Waals surface area contributed by atoms with Gasteiger partial charge in [-0.15, -0.1) is 0 Å². The second-order valence-electron chi connectivity index (χ2n) is 4.40. The molecule has 1 amide bonds. The van der Waals surface area contributed by atoms with Gasteiger partial charge in [0.2, 0.25) is 5.91 Å². The molecule has 1 aromatic heterocycles. The van der Waals surface area contributed by atoms with Crippen molar-refractivity contribution in [2.75, 3.05) is 11.9 Å². The van der Waals surface area contributed by atoms with Gasteiger partial charge in [0.1, 0.15) is 5.82 Å². The van der Waals surface area contributed by atoms with Gasteiger partial charge in [0.15, 0.2) is 0 Å². The van der Waals surface area contributed by atoms with Crippen LogP contribution in [-0.4, -0.2) is 17.4 Å². The van der Waals surface area contributed by atoms with Crippen LogP contribution in [0.4, 0.5) is 10.1 Å². The van der Waals surface area contributed by atoms with Crippen molar-refractivity contribution in [3.05, 3.63) is 59.7 Å². The van der Waals surface area contributed by atoms with Crippen molar-refractivity contribution in [3.8, 4) is 0 Å². The summed E-state index contributed by atoms with van der Waals surface area (Å²) in [5.74, 6) is -0.731. The molecule has 2 rings (SSSR count). The van der Waals surface area contributed by atoms with Crippen LogP contribution in [0, 0.1) is 12.7 Å². The van der Waals surface area contributed by atoms with Gasteiger partial charge in [0.05, 0.1) is 17.9 Å². The van der Waals surface area contributed by atoms with Gasteiger partial charge in [0.25, 0.3) is 0 Å². The number of anilines is 1. The lowest BCUT2D eigenvalue weighted by Crippen LogP contribution is -2.28. The van der Waals surface area contributed by atoms with Crippen molar-refractivity contribution >= 4 is 11.6 Å². The zero-order chi connectivity index (χ0) is 14.4. The van der Waals surface area contributed by atoms with Crippen LogP contribution >= 0.6 is 0 Å². The number of pyridine rings is 1. The predicted octanol–water partition coefficient (Wildman–Crippen LogP) is 2.26. The van der Waals surface area contributed by atoms with Crippen molar-refractivity contribution in [1.82, 2.24) is 10.3 Å². The van der Waals surface area contributed by atoms with Gasteiger partial charge in [-0.25, -0.2) is 4.39 Å². The van der Waals surface area contributed by atoms with E-state index < -0.39 is 5.82 Å². The van der Waals surface area contributed by atoms with E-state index in [-0.39, 0.29) is 18.1 Å². The molecule has 0 bridgehead atoms. The van der Waals surface area contributed by atoms with Gasteiger partial charge in [-0.1, -0.05) is 18.2 Å². The van der Waals surface area contributed by atoms with E-state index >= 15 is 0 Å². The zero-order valence-electron chi connectivity index (χ0n) is 11.2. The van der Waals surface area contributed by atoms with Crippen molar-refractivity contribution < 1.29 is 9.18 Å². The minimum atomic E-state index is -0.443. The molecular formula is C15H16FN3O. The monoisotopic (exact) mass is 273 g/mol. The fourth-order valence-corrected chi connectivity index (χ4v) is 1.75. The van der Waals surface area contributed by atoms with Gasteiger partial charge in [-0.05, 0) is 30.7 Å². The Hall–Kier alpha value is -2.27. The molecule has 20 heavy (non-hydrogen) atoms. The molecule has 0 unspecified atom stereocenters. The summed E-state index contributed by atoms with van der Waals surface area (Å²) in [6.07, 6.45) is 1.71. The molecule has 0 aliphatic rings. The highest BCUT2D eigenvalue weighted by atomic mass is 19.1. The topological polar surface area (TPSA) is 54.0 Å². The first-order chi connectivity index (χ1) is 9.66. The Morgan fingerprint density at radius 3 is 2.80 bits per heavy atom. The lowest BCUT2D eigenvalue weighted by atomic mass is 10.2. The average molecular weight is 273 g/mol. The summed E-state index contributed by atoms with van der Waals surface area (Å²) >= 11 is 0. The van der Waals surface area contributed by atoms with Crippen LogP contribution in [0.5, 0.6) is 0 Å². The molecule has 5 heteroatoms. The summed E-state index contributed by atoms with van der Waals surface area (Å²) in [4.78, 5) is 15.9. The number of amides is 1. The summed E-state index contributed by atoms with van der Waals surface area (Å²) in [6, 6.07) is 9.90. The van der Waals surface area contributed by atoms with Crippen molar-refractivity contribution in [2.24, 2.45) is 0 Å². The molecule has 104 valence electrons. The SMILES string of the molecule is Cc1cccnc1CNCC(=O)Nc1ccccc1F. The van der Waals surface area contributed by atoms with E-state index in [1.165, 1.54) is 12.1 Å². The van der Waals surface area contributed by atoms with Crippen molar-refractivity contribution in [1.29, 1.82) is 0 Å². The Labute approximate surface area is 117 Å². The Morgan fingerprint density at radius 1 is 1.25 bits per heavy atom. The number of para-hydroxylation sites is 1. The number of rotatable bonds is 5. The molecule has 0 aliphatic heterocycles. The number of nitrogens with one attached hydrogen (secondary N) is 2. The van der Waals surface area contributed by atoms with Crippen LogP contribution in [0.1, 0.15) is 11.3 Å². The van der Waals surface area contributed by atoms with E-state index in [4.69, 9.17) is 0 Å². The van der Waals surface area contributed by atoms with Gasteiger partial charge >= 0.3 is 0 Å². The van der Waals surface area contributed by atoms with Crippen LogP contribution < -0.4 is 10.6 Å². The zero-order valence-corrected chi connectivity index (χ0v) is 11.2. The maximum Gasteiger partial charge on any atom is 0.238 e. The molecule has 0 saturated heterocycles. The second kappa shape index (κ2) is 6.77. The van der Waals surface area contributed by atoms with Crippen molar-refractivity contribution in [3.63, 3.8) is 0 Å². The number of aromatic nitrogens is 1. The van der Waals surface area contributed by atoms with Crippen LogP contribution in [0.2, 0.25) is 0 Å². The second-order valence-corrected chi connectivity index (χ2v) is 4.40. The molecule has 1 heterocycles. The number of nitrogens with zero attached hydrogens (tertiary/aromatic N) is 1. The molecule has 4 nitrogen and oxygen atoms in total. The van der Waals surface area contributed by atoms with Crippen LogP contribution in [-0.2, 0) is 11.3 Å².